The van der Waals surface area contributed by atoms with E-state index in [2.05, 4.69) is 10.3 Å². The average Bonchev–Trinajstić information content (AvgIpc) is 2.96. The highest BCUT2D eigenvalue weighted by atomic mass is 35.5. The summed E-state index contributed by atoms with van der Waals surface area (Å²) in [5.41, 5.74) is 0.866. The molecule has 7 nitrogen and oxygen atoms in total. The predicted octanol–water partition coefficient (Wildman–Crippen LogP) is 4.15. The lowest BCUT2D eigenvalue weighted by atomic mass is 10.2. The van der Waals surface area contributed by atoms with Gasteiger partial charge in [0.05, 0.1) is 16.9 Å². The second-order valence-corrected chi connectivity index (χ2v) is 6.56. The highest BCUT2D eigenvalue weighted by Crippen LogP contribution is 2.33. The third kappa shape index (κ3) is 3.87. The molecule has 0 bridgehead atoms. The molecule has 0 atom stereocenters. The standard InChI is InChI=1S/C17H12ClN3O4S/c1-25-14-5-3-2-4-12(14)19-17-20-16(22)15(26-17)9-10-6-7-11(18)13(8-10)21(23)24/h2-9H,1H3,(H,19,20,22)/b15-9-. The maximum Gasteiger partial charge on any atom is 0.288 e. The SMILES string of the molecule is COc1ccccc1N=C1NC(=O)/C(=C/c2ccc(Cl)c([N+](=O)[O-])c2)S1. The molecule has 0 spiro atoms. The van der Waals surface area contributed by atoms with E-state index in [1.54, 1.807) is 24.3 Å². The Bertz CT molecular complexity index is 959. The summed E-state index contributed by atoms with van der Waals surface area (Å²) in [5, 5.41) is 14.1. The van der Waals surface area contributed by atoms with Gasteiger partial charge in [0, 0.05) is 6.07 Å². The number of methoxy groups -OCH3 is 1. The van der Waals surface area contributed by atoms with Crippen LogP contribution in [0.3, 0.4) is 0 Å². The molecule has 1 aliphatic heterocycles. The fraction of sp³-hybridized carbons (Fsp3) is 0.0588. The van der Waals surface area contributed by atoms with Gasteiger partial charge in [0.2, 0.25) is 0 Å². The maximum atomic E-state index is 12.1. The van der Waals surface area contributed by atoms with Crippen molar-refractivity contribution < 1.29 is 14.5 Å². The number of benzene rings is 2. The number of carbonyl (C=O) groups excluding carboxylic acids is 1. The van der Waals surface area contributed by atoms with Gasteiger partial charge in [0.1, 0.15) is 16.5 Å². The predicted molar refractivity (Wildman–Crippen MR) is 102 cm³/mol. The molecule has 1 heterocycles. The lowest BCUT2D eigenvalue weighted by molar-refractivity contribution is -0.384. The first-order chi connectivity index (χ1) is 12.5. The molecule has 0 aromatic heterocycles. The molecule has 1 fully saturated rings. The Kier molecular flexibility index (Phi) is 5.24. The van der Waals surface area contributed by atoms with Crippen molar-refractivity contribution in [1.29, 1.82) is 0 Å². The lowest BCUT2D eigenvalue weighted by Crippen LogP contribution is -2.19. The first-order valence-electron chi connectivity index (χ1n) is 7.34. The number of carbonyl (C=O) groups is 1. The quantitative estimate of drug-likeness (QED) is 0.481. The molecule has 2 aromatic rings. The Morgan fingerprint density at radius 3 is 2.81 bits per heavy atom. The number of aliphatic imine (C=N–C) groups is 1. The number of nitro benzene ring substituents is 1. The van der Waals surface area contributed by atoms with Gasteiger partial charge in [-0.05, 0) is 41.6 Å². The van der Waals surface area contributed by atoms with Crippen LogP contribution in [0.4, 0.5) is 11.4 Å². The Morgan fingerprint density at radius 2 is 2.08 bits per heavy atom. The molecule has 3 rings (SSSR count). The number of ether oxygens (including phenoxy) is 1. The van der Waals surface area contributed by atoms with E-state index >= 15 is 0 Å². The van der Waals surface area contributed by atoms with Crippen LogP contribution < -0.4 is 10.1 Å². The Hall–Kier alpha value is -2.84. The second kappa shape index (κ2) is 7.59. The minimum absolute atomic E-state index is 0.0408. The number of amidine groups is 1. The third-order valence-electron chi connectivity index (χ3n) is 3.42. The molecule has 9 heteroatoms. The molecule has 1 N–H and O–H groups in total. The highest BCUT2D eigenvalue weighted by Gasteiger charge is 2.24. The number of hydrogen-bond acceptors (Lipinski definition) is 6. The van der Waals surface area contributed by atoms with Crippen molar-refractivity contribution in [2.75, 3.05) is 7.11 Å². The minimum atomic E-state index is -0.569. The van der Waals surface area contributed by atoms with Gasteiger partial charge in [-0.1, -0.05) is 29.8 Å². The van der Waals surface area contributed by atoms with Crippen molar-refractivity contribution in [1.82, 2.24) is 5.32 Å². The van der Waals surface area contributed by atoms with Gasteiger partial charge in [-0.3, -0.25) is 14.9 Å². The number of nitrogens with zero attached hydrogens (tertiary/aromatic N) is 2. The number of rotatable bonds is 4. The largest absolute Gasteiger partial charge is 0.494 e. The van der Waals surface area contributed by atoms with Gasteiger partial charge < -0.3 is 10.1 Å². The van der Waals surface area contributed by atoms with E-state index in [-0.39, 0.29) is 16.6 Å². The molecular formula is C17H12ClN3O4S. The molecular weight excluding hydrogens is 378 g/mol. The summed E-state index contributed by atoms with van der Waals surface area (Å²) in [6.07, 6.45) is 1.55. The van der Waals surface area contributed by atoms with E-state index in [0.29, 0.717) is 27.1 Å². The molecule has 0 saturated carbocycles. The Balaban J connectivity index is 1.88. The van der Waals surface area contributed by atoms with Crippen LogP contribution >= 0.6 is 23.4 Å². The number of halogens is 1. The highest BCUT2D eigenvalue weighted by molar-refractivity contribution is 8.18. The topological polar surface area (TPSA) is 93.8 Å². The Labute approximate surface area is 157 Å². The van der Waals surface area contributed by atoms with Crippen molar-refractivity contribution in [3.8, 4) is 5.75 Å². The average molecular weight is 390 g/mol. The second-order valence-electron chi connectivity index (χ2n) is 5.12. The number of nitrogens with one attached hydrogen (secondary N) is 1. The fourth-order valence-electron chi connectivity index (χ4n) is 2.22. The van der Waals surface area contributed by atoms with E-state index in [0.717, 1.165) is 11.8 Å². The summed E-state index contributed by atoms with van der Waals surface area (Å²) in [6, 6.07) is 11.5. The van der Waals surface area contributed by atoms with Crippen LogP contribution in [0.5, 0.6) is 5.75 Å². The van der Waals surface area contributed by atoms with E-state index in [1.165, 1.54) is 19.2 Å². The van der Waals surface area contributed by atoms with Crippen LogP contribution in [-0.2, 0) is 4.79 Å². The number of para-hydroxylation sites is 2. The molecule has 1 aliphatic rings. The minimum Gasteiger partial charge on any atom is -0.494 e. The first-order valence-corrected chi connectivity index (χ1v) is 8.54. The van der Waals surface area contributed by atoms with Crippen molar-refractivity contribution in [2.45, 2.75) is 0 Å². The third-order valence-corrected chi connectivity index (χ3v) is 4.65. The molecule has 2 aromatic carbocycles. The molecule has 26 heavy (non-hydrogen) atoms. The van der Waals surface area contributed by atoms with Crippen molar-refractivity contribution in [3.05, 3.63) is 68.1 Å². The van der Waals surface area contributed by atoms with Crippen LogP contribution in [-0.4, -0.2) is 23.1 Å². The summed E-state index contributed by atoms with van der Waals surface area (Å²) in [7, 11) is 1.54. The Morgan fingerprint density at radius 1 is 1.31 bits per heavy atom. The van der Waals surface area contributed by atoms with E-state index in [4.69, 9.17) is 16.3 Å². The first kappa shape index (κ1) is 18.0. The normalized spacial score (nSPS) is 16.8. The van der Waals surface area contributed by atoms with Crippen LogP contribution in [0.25, 0.3) is 6.08 Å². The fourth-order valence-corrected chi connectivity index (χ4v) is 3.24. The van der Waals surface area contributed by atoms with E-state index in [9.17, 15) is 14.9 Å². The van der Waals surface area contributed by atoms with Gasteiger partial charge in [0.25, 0.3) is 11.6 Å². The van der Waals surface area contributed by atoms with E-state index < -0.39 is 4.92 Å². The van der Waals surface area contributed by atoms with Gasteiger partial charge in [-0.25, -0.2) is 4.99 Å². The summed E-state index contributed by atoms with van der Waals surface area (Å²) in [6.45, 7) is 0. The molecule has 1 saturated heterocycles. The zero-order valence-corrected chi connectivity index (χ0v) is 15.0. The van der Waals surface area contributed by atoms with Gasteiger partial charge in [-0.15, -0.1) is 0 Å². The lowest BCUT2D eigenvalue weighted by Gasteiger charge is -2.03. The maximum absolute atomic E-state index is 12.1. The van der Waals surface area contributed by atoms with Crippen molar-refractivity contribution >= 4 is 51.9 Å². The number of amides is 1. The molecule has 0 aliphatic carbocycles. The van der Waals surface area contributed by atoms with Crippen LogP contribution in [0.1, 0.15) is 5.56 Å². The zero-order chi connectivity index (χ0) is 18.7. The van der Waals surface area contributed by atoms with Gasteiger partial charge in [-0.2, -0.15) is 0 Å². The molecule has 132 valence electrons. The summed E-state index contributed by atoms with van der Waals surface area (Å²) >= 11 is 6.94. The number of nitro groups is 1. The van der Waals surface area contributed by atoms with Crippen LogP contribution in [0.2, 0.25) is 5.02 Å². The van der Waals surface area contributed by atoms with E-state index in [1.807, 2.05) is 12.1 Å². The van der Waals surface area contributed by atoms with Crippen molar-refractivity contribution in [2.24, 2.45) is 4.99 Å². The number of hydrogen-bond donors (Lipinski definition) is 1. The molecule has 0 unspecified atom stereocenters. The zero-order valence-electron chi connectivity index (χ0n) is 13.4. The van der Waals surface area contributed by atoms with Gasteiger partial charge >= 0.3 is 0 Å². The summed E-state index contributed by atoms with van der Waals surface area (Å²) in [4.78, 5) is 27.3. The number of thioether (sulfide) groups is 1. The van der Waals surface area contributed by atoms with Gasteiger partial charge in [0.15, 0.2) is 5.17 Å². The summed E-state index contributed by atoms with van der Waals surface area (Å²) < 4.78 is 5.23. The smallest absolute Gasteiger partial charge is 0.288 e. The monoisotopic (exact) mass is 389 g/mol. The summed E-state index contributed by atoms with van der Waals surface area (Å²) in [5.74, 6) is 0.252. The van der Waals surface area contributed by atoms with Crippen LogP contribution in [0, 0.1) is 10.1 Å². The molecule has 0 radical (unpaired) electrons. The van der Waals surface area contributed by atoms with Crippen molar-refractivity contribution in [3.63, 3.8) is 0 Å². The van der Waals surface area contributed by atoms with Crippen LogP contribution in [0.15, 0.2) is 52.4 Å². The molecule has 1 amide bonds.